The number of aromatic hydroxyl groups is 1. The van der Waals surface area contributed by atoms with Crippen LogP contribution < -0.4 is 20.9 Å². The molecule has 0 fully saturated rings. The molecule has 0 aliphatic carbocycles. The molecule has 2 rings (SSSR count). The van der Waals surface area contributed by atoms with E-state index in [1.54, 1.807) is 0 Å². The van der Waals surface area contributed by atoms with Gasteiger partial charge < -0.3 is 10.4 Å². The van der Waals surface area contributed by atoms with Gasteiger partial charge in [-0.1, -0.05) is 110 Å². The van der Waals surface area contributed by atoms with Crippen LogP contribution in [0.1, 0.15) is 117 Å². The van der Waals surface area contributed by atoms with Crippen LogP contribution in [0, 0.1) is 5.92 Å². The van der Waals surface area contributed by atoms with E-state index in [4.69, 9.17) is 0 Å². The van der Waals surface area contributed by atoms with Gasteiger partial charge >= 0.3 is 6.03 Å². The minimum absolute atomic E-state index is 0.0685. The van der Waals surface area contributed by atoms with Crippen LogP contribution in [0.15, 0.2) is 29.4 Å². The van der Waals surface area contributed by atoms with Crippen molar-refractivity contribution in [2.75, 3.05) is 16.7 Å². The van der Waals surface area contributed by atoms with Crippen LogP contribution in [-0.4, -0.2) is 35.5 Å². The van der Waals surface area contributed by atoms with Gasteiger partial charge in [-0.3, -0.25) is 10.1 Å². The molecular formula is C29H50N6O4S2. The minimum Gasteiger partial charge on any atom is -0.508 e. The number of amides is 2. The van der Waals surface area contributed by atoms with E-state index in [1.165, 1.54) is 114 Å². The van der Waals surface area contributed by atoms with Crippen LogP contribution in [0.2, 0.25) is 0 Å². The first-order valence-electron chi connectivity index (χ1n) is 15.3. The van der Waals surface area contributed by atoms with Gasteiger partial charge in [0.05, 0.1) is 5.69 Å². The number of hydrogen-bond acceptors (Lipinski definition) is 8. The molecule has 232 valence electrons. The Balaban J connectivity index is 1.76. The largest absolute Gasteiger partial charge is 0.508 e. The summed E-state index contributed by atoms with van der Waals surface area (Å²) in [7, 11) is -4.05. The fourth-order valence-electron chi connectivity index (χ4n) is 4.66. The van der Waals surface area contributed by atoms with Gasteiger partial charge in [0.25, 0.3) is 15.2 Å². The van der Waals surface area contributed by atoms with Gasteiger partial charge in [-0.05, 0) is 30.9 Å². The average Bonchev–Trinajstić information content (AvgIpc) is 3.43. The van der Waals surface area contributed by atoms with Crippen molar-refractivity contribution in [2.24, 2.45) is 5.92 Å². The number of anilines is 2. The Labute approximate surface area is 250 Å². The lowest BCUT2D eigenvalue weighted by atomic mass is 9.94. The molecule has 0 spiro atoms. The molecule has 0 aliphatic rings. The van der Waals surface area contributed by atoms with Gasteiger partial charge in [-0.2, -0.15) is 17.8 Å². The number of carbonyl (C=O) groups excluding carboxylic acids is 1. The summed E-state index contributed by atoms with van der Waals surface area (Å²) in [5, 5.41) is 12.2. The van der Waals surface area contributed by atoms with Gasteiger partial charge in [0.15, 0.2) is 0 Å². The van der Waals surface area contributed by atoms with E-state index in [0.29, 0.717) is 12.5 Å². The topological polar surface area (TPSA) is 145 Å². The highest BCUT2D eigenvalue weighted by molar-refractivity contribution is 7.92. The molecule has 1 aromatic carbocycles. The maximum absolute atomic E-state index is 12.5. The molecular weight excluding hydrogens is 560 g/mol. The van der Waals surface area contributed by atoms with Crippen molar-refractivity contribution in [1.82, 2.24) is 20.1 Å². The molecule has 1 unspecified atom stereocenters. The van der Waals surface area contributed by atoms with E-state index in [-0.39, 0.29) is 16.6 Å². The second kappa shape index (κ2) is 20.3. The van der Waals surface area contributed by atoms with Gasteiger partial charge in [0, 0.05) is 24.1 Å². The molecule has 1 heterocycles. The first-order chi connectivity index (χ1) is 19.8. The lowest BCUT2D eigenvalue weighted by Crippen LogP contribution is -2.41. The third-order valence-corrected chi connectivity index (χ3v) is 8.93. The molecule has 0 saturated carbocycles. The van der Waals surface area contributed by atoms with Gasteiger partial charge in [0.2, 0.25) is 5.13 Å². The molecule has 1 atom stereocenters. The number of hydrazine groups is 1. The summed E-state index contributed by atoms with van der Waals surface area (Å²) in [6.45, 7) is 5.07. The zero-order valence-electron chi connectivity index (χ0n) is 24.8. The van der Waals surface area contributed by atoms with Crippen molar-refractivity contribution in [3.63, 3.8) is 0 Å². The highest BCUT2D eigenvalue weighted by Gasteiger charge is 2.21. The zero-order valence-corrected chi connectivity index (χ0v) is 26.4. The number of aromatic nitrogens is 2. The number of hydrogen-bond donors (Lipinski definition) is 5. The third kappa shape index (κ3) is 15.3. The quantitative estimate of drug-likeness (QED) is 0.0644. The van der Waals surface area contributed by atoms with Crippen LogP contribution >= 0.6 is 11.5 Å². The maximum atomic E-state index is 12.5. The Morgan fingerprint density at radius 2 is 1.49 bits per heavy atom. The summed E-state index contributed by atoms with van der Waals surface area (Å²) < 4.78 is 31.3. The van der Waals surface area contributed by atoms with Crippen LogP contribution in [0.3, 0.4) is 0 Å². The highest BCUT2D eigenvalue weighted by Crippen LogP contribution is 2.21. The number of nitrogens with zero attached hydrogens (tertiary/aromatic N) is 2. The predicted octanol–water partition coefficient (Wildman–Crippen LogP) is 7.57. The van der Waals surface area contributed by atoms with E-state index in [1.807, 2.05) is 0 Å². The number of sulfonamides is 1. The molecule has 0 aliphatic heterocycles. The molecule has 5 N–H and O–H groups in total. The summed E-state index contributed by atoms with van der Waals surface area (Å²) in [6, 6.07) is 5.34. The first-order valence-corrected chi connectivity index (χ1v) is 17.5. The van der Waals surface area contributed by atoms with Crippen molar-refractivity contribution in [2.45, 2.75) is 122 Å². The molecule has 0 saturated heterocycles. The smallest absolute Gasteiger partial charge is 0.333 e. The van der Waals surface area contributed by atoms with E-state index in [2.05, 4.69) is 44.1 Å². The molecule has 10 nitrogen and oxygen atoms in total. The number of phenolic OH excluding ortho intramolecular Hbond substituents is 1. The standard InChI is InChI=1S/C29H50N6O4S2/c1-3-5-7-9-11-12-14-16-19-24(18-15-13-10-8-6-4-2)23-30-27(37)32-33-28-31-29(34-40-28)41(38,39)35-25-20-17-21-26(36)22-25/h17,20-22,24,35-36H,3-16,18-19,23H2,1-2H3,(H2,30,32,37)(H,31,33,34). The van der Waals surface area contributed by atoms with Crippen LogP contribution in [0.5, 0.6) is 5.75 Å². The van der Waals surface area contributed by atoms with E-state index >= 15 is 0 Å². The second-order valence-electron chi connectivity index (χ2n) is 10.7. The van der Waals surface area contributed by atoms with Crippen LogP contribution in [0.25, 0.3) is 0 Å². The minimum atomic E-state index is -4.05. The predicted molar refractivity (Wildman–Crippen MR) is 168 cm³/mol. The fourth-order valence-corrected chi connectivity index (χ4v) is 6.39. The molecule has 0 radical (unpaired) electrons. The summed E-state index contributed by atoms with van der Waals surface area (Å²) in [5.41, 5.74) is 5.35. The Kier molecular flexibility index (Phi) is 17.1. The molecule has 12 heteroatoms. The zero-order chi connectivity index (χ0) is 29.8. The van der Waals surface area contributed by atoms with E-state index < -0.39 is 21.2 Å². The number of rotatable bonds is 23. The van der Waals surface area contributed by atoms with Crippen LogP contribution in [0.4, 0.5) is 15.6 Å². The van der Waals surface area contributed by atoms with Gasteiger partial charge in [0.1, 0.15) is 5.75 Å². The molecule has 2 amide bonds. The number of phenols is 1. The summed E-state index contributed by atoms with van der Waals surface area (Å²) in [6.07, 6.45) is 20.1. The lowest BCUT2D eigenvalue weighted by Gasteiger charge is -2.18. The van der Waals surface area contributed by atoms with E-state index in [0.717, 1.165) is 24.4 Å². The van der Waals surface area contributed by atoms with Crippen molar-refractivity contribution < 1.29 is 18.3 Å². The second-order valence-corrected chi connectivity index (χ2v) is 13.0. The van der Waals surface area contributed by atoms with Crippen molar-refractivity contribution in [3.05, 3.63) is 24.3 Å². The summed E-state index contributed by atoms with van der Waals surface area (Å²) in [4.78, 5) is 16.4. The normalized spacial score (nSPS) is 12.1. The SMILES string of the molecule is CCCCCCCCCCC(CCCCCCCC)CNC(=O)NNc1nc(S(=O)(=O)Nc2cccc(O)c2)ns1. The highest BCUT2D eigenvalue weighted by atomic mass is 32.2. The molecule has 2 aromatic rings. The maximum Gasteiger partial charge on any atom is 0.333 e. The molecule has 0 bridgehead atoms. The number of nitrogens with one attached hydrogen (secondary N) is 4. The third-order valence-electron chi connectivity index (χ3n) is 7.01. The van der Waals surface area contributed by atoms with E-state index in [9.17, 15) is 18.3 Å². The van der Waals surface area contributed by atoms with Gasteiger partial charge in [-0.15, -0.1) is 0 Å². The Bertz CT molecular complexity index is 1100. The van der Waals surface area contributed by atoms with Crippen LogP contribution in [-0.2, 0) is 10.0 Å². The lowest BCUT2D eigenvalue weighted by molar-refractivity contribution is 0.239. The summed E-state index contributed by atoms with van der Waals surface area (Å²) in [5.74, 6) is 0.370. The molecule has 1 aromatic heterocycles. The Morgan fingerprint density at radius 1 is 0.902 bits per heavy atom. The van der Waals surface area contributed by atoms with Crippen molar-refractivity contribution >= 4 is 38.4 Å². The fraction of sp³-hybridized carbons (Fsp3) is 0.690. The van der Waals surface area contributed by atoms with Crippen molar-refractivity contribution in [1.29, 1.82) is 0 Å². The number of benzene rings is 1. The van der Waals surface area contributed by atoms with Crippen molar-refractivity contribution in [3.8, 4) is 5.75 Å². The number of unbranched alkanes of at least 4 members (excludes halogenated alkanes) is 12. The molecule has 41 heavy (non-hydrogen) atoms. The monoisotopic (exact) mass is 610 g/mol. The summed E-state index contributed by atoms with van der Waals surface area (Å²) >= 11 is 0.814. The number of urea groups is 1. The number of carbonyl (C=O) groups is 1. The van der Waals surface area contributed by atoms with Gasteiger partial charge in [-0.25, -0.2) is 10.2 Å². The Hall–Kier alpha value is -2.60. The first kappa shape index (κ1) is 34.6. The Morgan fingerprint density at radius 3 is 2.07 bits per heavy atom. The average molecular weight is 611 g/mol.